The van der Waals surface area contributed by atoms with E-state index in [9.17, 15) is 4.39 Å². The molecule has 0 bridgehead atoms. The average Bonchev–Trinajstić information content (AvgIpc) is 2.38. The zero-order valence-corrected chi connectivity index (χ0v) is 11.2. The highest BCUT2D eigenvalue weighted by Crippen LogP contribution is 2.28. The summed E-state index contributed by atoms with van der Waals surface area (Å²) in [6.45, 7) is 4.46. The number of halogens is 1. The molecule has 3 heteroatoms. The first kappa shape index (κ1) is 13.6. The summed E-state index contributed by atoms with van der Waals surface area (Å²) in [4.78, 5) is 0. The van der Waals surface area contributed by atoms with E-state index in [1.165, 1.54) is 11.6 Å². The van der Waals surface area contributed by atoms with Crippen molar-refractivity contribution in [2.75, 3.05) is 6.54 Å². The molecule has 0 unspecified atom stereocenters. The molecule has 0 heterocycles. The smallest absolute Gasteiger partial charge is 0.133 e. The molecule has 0 saturated heterocycles. The number of aryl methyl sites for hydroxylation is 2. The standard InChI is InChI=1S/C16H18FNO/c1-11-6-7-13(10-12(11)2)19-16-5-3-4-15(17)14(16)8-9-18/h3-7,10H,8-9,18H2,1-2H3. The molecule has 2 aromatic carbocycles. The van der Waals surface area contributed by atoms with Crippen molar-refractivity contribution in [2.24, 2.45) is 5.73 Å². The van der Waals surface area contributed by atoms with Crippen LogP contribution in [0.5, 0.6) is 11.5 Å². The third-order valence-electron chi connectivity index (χ3n) is 3.18. The summed E-state index contributed by atoms with van der Waals surface area (Å²) >= 11 is 0. The Morgan fingerprint density at radius 2 is 1.89 bits per heavy atom. The lowest BCUT2D eigenvalue weighted by Crippen LogP contribution is -2.06. The summed E-state index contributed by atoms with van der Waals surface area (Å²) in [5.74, 6) is 0.979. The third-order valence-corrected chi connectivity index (χ3v) is 3.18. The van der Waals surface area contributed by atoms with Gasteiger partial charge in [-0.1, -0.05) is 12.1 Å². The van der Waals surface area contributed by atoms with Crippen LogP contribution in [0.15, 0.2) is 36.4 Å². The van der Waals surface area contributed by atoms with E-state index in [-0.39, 0.29) is 5.82 Å². The average molecular weight is 259 g/mol. The van der Waals surface area contributed by atoms with Gasteiger partial charge in [-0.2, -0.15) is 0 Å². The molecule has 0 aliphatic heterocycles. The summed E-state index contributed by atoms with van der Waals surface area (Å²) in [7, 11) is 0. The van der Waals surface area contributed by atoms with Gasteiger partial charge in [-0.3, -0.25) is 0 Å². The van der Waals surface area contributed by atoms with Crippen LogP contribution in [0, 0.1) is 19.7 Å². The monoisotopic (exact) mass is 259 g/mol. The Balaban J connectivity index is 2.32. The van der Waals surface area contributed by atoms with Crippen LogP contribution in [0.4, 0.5) is 4.39 Å². The van der Waals surface area contributed by atoms with E-state index >= 15 is 0 Å². The first-order valence-corrected chi connectivity index (χ1v) is 6.34. The number of ether oxygens (including phenoxy) is 1. The van der Waals surface area contributed by atoms with Crippen LogP contribution in [-0.2, 0) is 6.42 Å². The quantitative estimate of drug-likeness (QED) is 0.907. The van der Waals surface area contributed by atoms with Gasteiger partial charge in [-0.05, 0) is 62.2 Å². The van der Waals surface area contributed by atoms with E-state index in [0.717, 1.165) is 5.56 Å². The maximum absolute atomic E-state index is 13.7. The Morgan fingerprint density at radius 3 is 2.58 bits per heavy atom. The van der Waals surface area contributed by atoms with E-state index in [1.54, 1.807) is 12.1 Å². The third kappa shape index (κ3) is 3.12. The van der Waals surface area contributed by atoms with Crippen molar-refractivity contribution < 1.29 is 9.13 Å². The molecule has 0 fully saturated rings. The van der Waals surface area contributed by atoms with Gasteiger partial charge in [0.1, 0.15) is 17.3 Å². The van der Waals surface area contributed by atoms with Crippen LogP contribution in [-0.4, -0.2) is 6.54 Å². The number of hydrogen-bond acceptors (Lipinski definition) is 2. The molecule has 0 saturated carbocycles. The summed E-state index contributed by atoms with van der Waals surface area (Å²) in [5.41, 5.74) is 8.39. The Labute approximate surface area is 113 Å². The molecule has 19 heavy (non-hydrogen) atoms. The van der Waals surface area contributed by atoms with Crippen molar-refractivity contribution in [3.63, 3.8) is 0 Å². The molecule has 2 aromatic rings. The van der Waals surface area contributed by atoms with Crippen LogP contribution in [0.2, 0.25) is 0 Å². The first-order chi connectivity index (χ1) is 9.11. The Kier molecular flexibility index (Phi) is 4.17. The zero-order valence-electron chi connectivity index (χ0n) is 11.2. The fraction of sp³-hybridized carbons (Fsp3) is 0.250. The minimum atomic E-state index is -0.271. The van der Waals surface area contributed by atoms with Crippen molar-refractivity contribution in [2.45, 2.75) is 20.3 Å². The Bertz CT molecular complexity index is 581. The Hall–Kier alpha value is -1.87. The molecule has 0 amide bonds. The van der Waals surface area contributed by atoms with Crippen LogP contribution in [0.3, 0.4) is 0 Å². The molecule has 0 spiro atoms. The lowest BCUT2D eigenvalue weighted by Gasteiger charge is -2.12. The SMILES string of the molecule is Cc1ccc(Oc2cccc(F)c2CCN)cc1C. The highest BCUT2D eigenvalue weighted by atomic mass is 19.1. The molecule has 2 nitrogen and oxygen atoms in total. The summed E-state index contributed by atoms with van der Waals surface area (Å²) < 4.78 is 19.5. The molecule has 100 valence electrons. The van der Waals surface area contributed by atoms with Gasteiger partial charge < -0.3 is 10.5 Å². The highest BCUT2D eigenvalue weighted by molar-refractivity contribution is 5.41. The largest absolute Gasteiger partial charge is 0.457 e. The fourth-order valence-electron chi connectivity index (χ4n) is 1.93. The van der Waals surface area contributed by atoms with E-state index < -0.39 is 0 Å². The van der Waals surface area contributed by atoms with Gasteiger partial charge in [0, 0.05) is 5.56 Å². The van der Waals surface area contributed by atoms with Crippen molar-refractivity contribution in [1.29, 1.82) is 0 Å². The highest BCUT2D eigenvalue weighted by Gasteiger charge is 2.10. The van der Waals surface area contributed by atoms with Crippen LogP contribution in [0.1, 0.15) is 16.7 Å². The minimum Gasteiger partial charge on any atom is -0.457 e. The predicted octanol–water partition coefficient (Wildman–Crippen LogP) is 3.74. The van der Waals surface area contributed by atoms with Gasteiger partial charge in [0.05, 0.1) is 0 Å². The lowest BCUT2D eigenvalue weighted by molar-refractivity contribution is 0.466. The summed E-state index contributed by atoms with van der Waals surface area (Å²) in [6.07, 6.45) is 0.465. The molecule has 0 atom stereocenters. The lowest BCUT2D eigenvalue weighted by atomic mass is 10.1. The fourth-order valence-corrected chi connectivity index (χ4v) is 1.93. The number of nitrogens with two attached hydrogens (primary N) is 1. The van der Waals surface area contributed by atoms with Gasteiger partial charge in [-0.25, -0.2) is 4.39 Å². The van der Waals surface area contributed by atoms with Gasteiger partial charge in [-0.15, -0.1) is 0 Å². The number of benzene rings is 2. The van der Waals surface area contributed by atoms with Crippen molar-refractivity contribution >= 4 is 0 Å². The van der Waals surface area contributed by atoms with Gasteiger partial charge in [0.15, 0.2) is 0 Å². The van der Waals surface area contributed by atoms with Crippen molar-refractivity contribution in [3.8, 4) is 11.5 Å². The second kappa shape index (κ2) is 5.85. The van der Waals surface area contributed by atoms with Gasteiger partial charge in [0.25, 0.3) is 0 Å². The maximum atomic E-state index is 13.7. The van der Waals surface area contributed by atoms with Gasteiger partial charge >= 0.3 is 0 Å². The maximum Gasteiger partial charge on any atom is 0.133 e. The van der Waals surface area contributed by atoms with Crippen LogP contribution >= 0.6 is 0 Å². The van der Waals surface area contributed by atoms with Crippen LogP contribution < -0.4 is 10.5 Å². The second-order valence-corrected chi connectivity index (χ2v) is 4.60. The topological polar surface area (TPSA) is 35.2 Å². The molecule has 0 aromatic heterocycles. The molecule has 0 aliphatic rings. The van der Waals surface area contributed by atoms with Gasteiger partial charge in [0.2, 0.25) is 0 Å². The summed E-state index contributed by atoms with van der Waals surface area (Å²) in [5, 5.41) is 0. The van der Waals surface area contributed by atoms with E-state index in [0.29, 0.717) is 30.0 Å². The molecular weight excluding hydrogens is 241 g/mol. The molecular formula is C16H18FNO. The minimum absolute atomic E-state index is 0.271. The molecule has 2 rings (SSSR count). The number of rotatable bonds is 4. The van der Waals surface area contributed by atoms with E-state index in [1.807, 2.05) is 32.0 Å². The number of hydrogen-bond donors (Lipinski definition) is 1. The van der Waals surface area contributed by atoms with E-state index in [2.05, 4.69) is 0 Å². The first-order valence-electron chi connectivity index (χ1n) is 6.34. The predicted molar refractivity (Wildman–Crippen MR) is 75.1 cm³/mol. The Morgan fingerprint density at radius 1 is 1.11 bits per heavy atom. The molecule has 2 N–H and O–H groups in total. The second-order valence-electron chi connectivity index (χ2n) is 4.60. The zero-order chi connectivity index (χ0) is 13.8. The van der Waals surface area contributed by atoms with E-state index in [4.69, 9.17) is 10.5 Å². The molecule has 0 radical (unpaired) electrons. The van der Waals surface area contributed by atoms with Crippen LogP contribution in [0.25, 0.3) is 0 Å². The summed E-state index contributed by atoms with van der Waals surface area (Å²) in [6, 6.07) is 10.7. The molecule has 0 aliphatic carbocycles. The normalized spacial score (nSPS) is 10.5. The van der Waals surface area contributed by atoms with Crippen molar-refractivity contribution in [1.82, 2.24) is 0 Å². The van der Waals surface area contributed by atoms with Crippen molar-refractivity contribution in [3.05, 3.63) is 58.9 Å².